The van der Waals surface area contributed by atoms with Gasteiger partial charge in [-0.2, -0.15) is 0 Å². The molecule has 0 bridgehead atoms. The van der Waals surface area contributed by atoms with E-state index in [1.165, 1.54) is 24.8 Å². The van der Waals surface area contributed by atoms with Crippen LogP contribution in [0.2, 0.25) is 0 Å². The molecule has 0 saturated heterocycles. The molecule has 1 aromatic carbocycles. The summed E-state index contributed by atoms with van der Waals surface area (Å²) in [7, 11) is 0. The van der Waals surface area contributed by atoms with Gasteiger partial charge in [0, 0.05) is 11.8 Å². The zero-order valence-corrected chi connectivity index (χ0v) is 14.9. The highest BCUT2D eigenvalue weighted by atomic mass is 19.1. The molecule has 0 atom stereocenters. The number of benzene rings is 1. The highest BCUT2D eigenvalue weighted by molar-refractivity contribution is 6.09. The monoisotopic (exact) mass is 328 g/mol. The highest BCUT2D eigenvalue weighted by Crippen LogP contribution is 2.40. The van der Waals surface area contributed by atoms with E-state index in [4.69, 9.17) is 5.73 Å². The van der Waals surface area contributed by atoms with Crippen LogP contribution in [0, 0.1) is 5.82 Å². The maximum Gasteiger partial charge on any atom is 0.134 e. The van der Waals surface area contributed by atoms with Crippen molar-refractivity contribution in [3.63, 3.8) is 0 Å². The Hall–Kier alpha value is -1.90. The van der Waals surface area contributed by atoms with Gasteiger partial charge >= 0.3 is 0 Å². The van der Waals surface area contributed by atoms with Gasteiger partial charge in [-0.15, -0.1) is 0 Å². The SMILES string of the molecule is C=C(/C=N\C(N)=C/C)c1ccc(C2CCC2)c(CCCCC)c1F. The van der Waals surface area contributed by atoms with Gasteiger partial charge in [0.1, 0.15) is 11.6 Å². The van der Waals surface area contributed by atoms with E-state index in [1.807, 2.05) is 13.0 Å². The summed E-state index contributed by atoms with van der Waals surface area (Å²) in [6, 6.07) is 3.95. The van der Waals surface area contributed by atoms with Crippen LogP contribution in [0.4, 0.5) is 4.39 Å². The summed E-state index contributed by atoms with van der Waals surface area (Å²) in [5.41, 5.74) is 8.86. The summed E-state index contributed by atoms with van der Waals surface area (Å²) in [5, 5.41) is 0. The lowest BCUT2D eigenvalue weighted by Gasteiger charge is -2.29. The van der Waals surface area contributed by atoms with Crippen LogP contribution in [0.25, 0.3) is 5.57 Å². The molecule has 0 aliphatic heterocycles. The van der Waals surface area contributed by atoms with Gasteiger partial charge < -0.3 is 5.73 Å². The predicted molar refractivity (Wildman–Crippen MR) is 102 cm³/mol. The van der Waals surface area contributed by atoms with Gasteiger partial charge in [0.15, 0.2) is 0 Å². The zero-order chi connectivity index (χ0) is 17.5. The highest BCUT2D eigenvalue weighted by Gasteiger charge is 2.25. The molecule has 0 unspecified atom stereocenters. The number of rotatable bonds is 8. The van der Waals surface area contributed by atoms with Crippen molar-refractivity contribution in [3.05, 3.63) is 53.1 Å². The minimum atomic E-state index is -0.119. The molecule has 0 aromatic heterocycles. The standard InChI is InChI=1S/C21H29FN2/c1-4-6-7-11-19-18(16-9-8-10-16)13-12-17(21(19)22)15(3)14-24-20(23)5-2/h5,12-14,16H,3-4,6-11,23H2,1-2H3/b20-5-,24-14-. The second-order valence-electron chi connectivity index (χ2n) is 6.58. The first-order chi connectivity index (χ1) is 11.6. The normalized spacial score (nSPS) is 15.7. The predicted octanol–water partition coefficient (Wildman–Crippen LogP) is 5.73. The topological polar surface area (TPSA) is 38.4 Å². The number of allylic oxidation sites excluding steroid dienone is 2. The largest absolute Gasteiger partial charge is 0.384 e. The lowest BCUT2D eigenvalue weighted by molar-refractivity contribution is 0.413. The average molecular weight is 328 g/mol. The van der Waals surface area contributed by atoms with E-state index >= 15 is 4.39 Å². The van der Waals surface area contributed by atoms with Crippen molar-refractivity contribution in [2.45, 2.75) is 64.7 Å². The van der Waals surface area contributed by atoms with Crippen molar-refractivity contribution in [1.82, 2.24) is 0 Å². The van der Waals surface area contributed by atoms with E-state index in [1.54, 1.807) is 12.3 Å². The first-order valence-electron chi connectivity index (χ1n) is 9.04. The Kier molecular flexibility index (Phi) is 6.77. The summed E-state index contributed by atoms with van der Waals surface area (Å²) in [5.74, 6) is 0.822. The van der Waals surface area contributed by atoms with E-state index < -0.39 is 0 Å². The fraction of sp³-hybridized carbons (Fsp3) is 0.476. The van der Waals surface area contributed by atoms with Gasteiger partial charge in [0.25, 0.3) is 0 Å². The van der Waals surface area contributed by atoms with Crippen LogP contribution >= 0.6 is 0 Å². The maximum absolute atomic E-state index is 15.2. The maximum atomic E-state index is 15.2. The Bertz CT molecular complexity index is 639. The molecule has 1 saturated carbocycles. The van der Waals surface area contributed by atoms with Gasteiger partial charge in [0.05, 0.1) is 0 Å². The Morgan fingerprint density at radius 3 is 2.71 bits per heavy atom. The fourth-order valence-electron chi connectivity index (χ4n) is 3.09. The van der Waals surface area contributed by atoms with E-state index in [2.05, 4.69) is 24.6 Å². The van der Waals surface area contributed by atoms with Crippen molar-refractivity contribution < 1.29 is 4.39 Å². The molecule has 2 nitrogen and oxygen atoms in total. The minimum absolute atomic E-state index is 0.119. The number of halogens is 1. The summed E-state index contributed by atoms with van der Waals surface area (Å²) >= 11 is 0. The summed E-state index contributed by atoms with van der Waals surface area (Å²) in [6.07, 6.45) is 11.0. The molecule has 0 spiro atoms. The van der Waals surface area contributed by atoms with Crippen LogP contribution in [-0.4, -0.2) is 6.21 Å². The fourth-order valence-corrected chi connectivity index (χ4v) is 3.09. The number of nitrogens with zero attached hydrogens (tertiary/aromatic N) is 1. The lowest BCUT2D eigenvalue weighted by atomic mass is 9.76. The van der Waals surface area contributed by atoms with Gasteiger partial charge in [-0.1, -0.05) is 44.9 Å². The van der Waals surface area contributed by atoms with Gasteiger partial charge in [0.2, 0.25) is 0 Å². The molecule has 1 aromatic rings. The molecule has 1 fully saturated rings. The number of hydrogen-bond acceptors (Lipinski definition) is 2. The Morgan fingerprint density at radius 1 is 1.38 bits per heavy atom. The molecule has 0 radical (unpaired) electrons. The van der Waals surface area contributed by atoms with E-state index in [9.17, 15) is 0 Å². The molecular weight excluding hydrogens is 299 g/mol. The van der Waals surface area contributed by atoms with E-state index in [0.29, 0.717) is 22.9 Å². The Labute approximate surface area is 145 Å². The molecule has 130 valence electrons. The Morgan fingerprint density at radius 2 is 2.12 bits per heavy atom. The van der Waals surface area contributed by atoms with Crippen LogP contribution in [-0.2, 0) is 6.42 Å². The molecule has 1 aliphatic rings. The molecule has 0 heterocycles. The number of nitrogens with two attached hydrogens (primary N) is 1. The van der Waals surface area contributed by atoms with Crippen LogP contribution in [0.3, 0.4) is 0 Å². The molecule has 3 heteroatoms. The lowest BCUT2D eigenvalue weighted by Crippen LogP contribution is -2.13. The van der Waals surface area contributed by atoms with Crippen LogP contribution in [0.5, 0.6) is 0 Å². The molecule has 1 aliphatic carbocycles. The van der Waals surface area contributed by atoms with Crippen LogP contribution in [0.1, 0.15) is 75.0 Å². The van der Waals surface area contributed by atoms with Crippen molar-refractivity contribution in [2.24, 2.45) is 10.7 Å². The first-order valence-corrected chi connectivity index (χ1v) is 9.04. The third-order valence-electron chi connectivity index (χ3n) is 4.87. The summed E-state index contributed by atoms with van der Waals surface area (Å²) in [4.78, 5) is 4.10. The molecular formula is C21H29FN2. The smallest absolute Gasteiger partial charge is 0.134 e. The zero-order valence-electron chi connectivity index (χ0n) is 14.9. The van der Waals surface area contributed by atoms with Gasteiger partial charge in [-0.25, -0.2) is 9.38 Å². The number of aliphatic imine (C=N–C) groups is 1. The molecule has 24 heavy (non-hydrogen) atoms. The molecule has 0 amide bonds. The van der Waals surface area contributed by atoms with Crippen LogP contribution < -0.4 is 5.73 Å². The van der Waals surface area contributed by atoms with Crippen molar-refractivity contribution in [3.8, 4) is 0 Å². The summed E-state index contributed by atoms with van der Waals surface area (Å²) in [6.45, 7) is 7.95. The second-order valence-corrected chi connectivity index (χ2v) is 6.58. The quantitative estimate of drug-likeness (QED) is 0.480. The second kappa shape index (κ2) is 8.81. The molecule has 2 N–H and O–H groups in total. The van der Waals surface area contributed by atoms with Crippen molar-refractivity contribution in [1.29, 1.82) is 0 Å². The van der Waals surface area contributed by atoms with Gasteiger partial charge in [-0.3, -0.25) is 0 Å². The third kappa shape index (κ3) is 4.34. The Balaban J connectivity index is 2.30. The number of unbranched alkanes of at least 4 members (excludes halogenated alkanes) is 2. The van der Waals surface area contributed by atoms with Crippen LogP contribution in [0.15, 0.2) is 35.6 Å². The first kappa shape index (κ1) is 18.4. The average Bonchev–Trinajstić information content (AvgIpc) is 2.53. The van der Waals surface area contributed by atoms with Gasteiger partial charge in [-0.05, 0) is 61.3 Å². The van der Waals surface area contributed by atoms with Crippen molar-refractivity contribution in [2.75, 3.05) is 0 Å². The molecule has 2 rings (SSSR count). The number of hydrogen-bond donors (Lipinski definition) is 1. The van der Waals surface area contributed by atoms with Crippen molar-refractivity contribution >= 4 is 11.8 Å². The minimum Gasteiger partial charge on any atom is -0.384 e. The van der Waals surface area contributed by atoms with E-state index in [-0.39, 0.29) is 5.82 Å². The third-order valence-corrected chi connectivity index (χ3v) is 4.87. The van der Waals surface area contributed by atoms with E-state index in [0.717, 1.165) is 31.2 Å². The summed E-state index contributed by atoms with van der Waals surface area (Å²) < 4.78 is 15.2.